The minimum atomic E-state index is -0.0682. The number of aliphatic hydroxyl groups excluding tert-OH is 1. The molecule has 1 heterocycles. The lowest BCUT2D eigenvalue weighted by atomic mass is 10.1. The summed E-state index contributed by atoms with van der Waals surface area (Å²) in [6, 6.07) is 0.0291. The summed E-state index contributed by atoms with van der Waals surface area (Å²) in [4.78, 5) is 16.9. The van der Waals surface area contributed by atoms with Crippen LogP contribution in [-0.2, 0) is 0 Å². The molecular weight excluding hydrogens is 236 g/mol. The third kappa shape index (κ3) is 2.73. The second kappa shape index (κ2) is 4.98. The Morgan fingerprint density at radius 1 is 1.59 bits per heavy atom. The zero-order valence-electron chi connectivity index (χ0n) is 9.93. The number of thiazole rings is 1. The highest BCUT2D eigenvalue weighted by Crippen LogP contribution is 2.20. The van der Waals surface area contributed by atoms with Crippen LogP contribution in [0.15, 0.2) is 12.2 Å². The number of nitrogens with one attached hydrogen (secondary N) is 1. The van der Waals surface area contributed by atoms with Gasteiger partial charge in [0.15, 0.2) is 0 Å². The van der Waals surface area contributed by atoms with E-state index in [0.29, 0.717) is 4.88 Å². The summed E-state index contributed by atoms with van der Waals surface area (Å²) >= 11 is 1.42. The second-order valence-electron chi connectivity index (χ2n) is 4.29. The fraction of sp³-hybridized carbons (Fsp3) is 0.500. The first-order chi connectivity index (χ1) is 8.10. The van der Waals surface area contributed by atoms with Gasteiger partial charge in [0.2, 0.25) is 0 Å². The van der Waals surface area contributed by atoms with Gasteiger partial charge < -0.3 is 10.4 Å². The van der Waals surface area contributed by atoms with Gasteiger partial charge in [0.05, 0.1) is 10.7 Å². The zero-order chi connectivity index (χ0) is 12.4. The van der Waals surface area contributed by atoms with E-state index >= 15 is 0 Å². The van der Waals surface area contributed by atoms with Gasteiger partial charge in [-0.2, -0.15) is 0 Å². The van der Waals surface area contributed by atoms with Crippen molar-refractivity contribution in [2.24, 2.45) is 5.92 Å². The van der Waals surface area contributed by atoms with Crippen molar-refractivity contribution >= 4 is 17.2 Å². The van der Waals surface area contributed by atoms with E-state index < -0.39 is 0 Å². The Hall–Kier alpha value is -1.20. The Morgan fingerprint density at radius 3 is 2.88 bits per heavy atom. The van der Waals surface area contributed by atoms with E-state index in [1.54, 1.807) is 0 Å². The topological polar surface area (TPSA) is 62.2 Å². The van der Waals surface area contributed by atoms with Gasteiger partial charge in [0.25, 0.3) is 5.91 Å². The van der Waals surface area contributed by atoms with Crippen LogP contribution in [0, 0.1) is 19.8 Å². The molecule has 92 valence electrons. The van der Waals surface area contributed by atoms with E-state index in [1.165, 1.54) is 11.3 Å². The van der Waals surface area contributed by atoms with Crippen molar-refractivity contribution < 1.29 is 9.90 Å². The lowest BCUT2D eigenvalue weighted by Crippen LogP contribution is -2.32. The molecule has 1 aliphatic carbocycles. The molecule has 0 saturated carbocycles. The highest BCUT2D eigenvalue weighted by atomic mass is 32.1. The number of hydrogen-bond acceptors (Lipinski definition) is 4. The largest absolute Gasteiger partial charge is 0.396 e. The number of aromatic nitrogens is 1. The van der Waals surface area contributed by atoms with Crippen molar-refractivity contribution in [3.05, 3.63) is 27.7 Å². The van der Waals surface area contributed by atoms with Crippen molar-refractivity contribution in [3.8, 4) is 0 Å². The number of carbonyl (C=O) groups excluding carboxylic acids is 1. The molecule has 2 atom stereocenters. The van der Waals surface area contributed by atoms with Crippen molar-refractivity contribution in [1.29, 1.82) is 0 Å². The SMILES string of the molecule is Cc1nc(C)c(C(=O)N[C@@H]2C=C[C@H](CO)C2)s1. The van der Waals surface area contributed by atoms with Crippen LogP contribution < -0.4 is 5.32 Å². The molecule has 0 saturated heterocycles. The fourth-order valence-corrected chi connectivity index (χ4v) is 2.82. The molecule has 5 heteroatoms. The lowest BCUT2D eigenvalue weighted by molar-refractivity contribution is 0.0944. The average Bonchev–Trinajstić information content (AvgIpc) is 2.85. The normalized spacial score (nSPS) is 23.0. The molecule has 4 nitrogen and oxygen atoms in total. The van der Waals surface area contributed by atoms with Gasteiger partial charge in [-0.25, -0.2) is 4.98 Å². The summed E-state index contributed by atoms with van der Waals surface area (Å²) in [6.07, 6.45) is 4.68. The highest BCUT2D eigenvalue weighted by molar-refractivity contribution is 7.13. The fourth-order valence-electron chi connectivity index (χ4n) is 1.99. The van der Waals surface area contributed by atoms with Crippen LogP contribution in [0.2, 0.25) is 0 Å². The predicted molar refractivity (Wildman–Crippen MR) is 67.2 cm³/mol. The molecule has 0 spiro atoms. The summed E-state index contributed by atoms with van der Waals surface area (Å²) in [5.74, 6) is 0.103. The maximum absolute atomic E-state index is 12.0. The van der Waals surface area contributed by atoms with E-state index in [-0.39, 0.29) is 24.5 Å². The minimum absolute atomic E-state index is 0.0291. The average molecular weight is 252 g/mol. The Bertz CT molecular complexity index is 453. The van der Waals surface area contributed by atoms with Gasteiger partial charge in [-0.05, 0) is 20.3 Å². The van der Waals surface area contributed by atoms with Crippen LogP contribution >= 0.6 is 11.3 Å². The van der Waals surface area contributed by atoms with Crippen LogP contribution in [0.4, 0.5) is 0 Å². The number of hydrogen-bond donors (Lipinski definition) is 2. The second-order valence-corrected chi connectivity index (χ2v) is 5.49. The number of nitrogens with zero attached hydrogens (tertiary/aromatic N) is 1. The van der Waals surface area contributed by atoms with Crippen LogP contribution in [0.25, 0.3) is 0 Å². The van der Waals surface area contributed by atoms with Gasteiger partial charge in [-0.3, -0.25) is 4.79 Å². The third-order valence-corrected chi connectivity index (χ3v) is 3.90. The number of amides is 1. The summed E-state index contributed by atoms with van der Waals surface area (Å²) in [5, 5.41) is 12.9. The van der Waals surface area contributed by atoms with Gasteiger partial charge in [-0.1, -0.05) is 12.2 Å². The maximum Gasteiger partial charge on any atom is 0.263 e. The predicted octanol–water partition coefficient (Wildman–Crippen LogP) is 1.43. The lowest BCUT2D eigenvalue weighted by Gasteiger charge is -2.11. The monoisotopic (exact) mass is 252 g/mol. The Kier molecular flexibility index (Phi) is 3.59. The van der Waals surface area contributed by atoms with Gasteiger partial charge >= 0.3 is 0 Å². The zero-order valence-corrected chi connectivity index (χ0v) is 10.8. The smallest absolute Gasteiger partial charge is 0.263 e. The molecule has 1 amide bonds. The van der Waals surface area contributed by atoms with E-state index in [0.717, 1.165) is 17.1 Å². The van der Waals surface area contributed by atoms with Crippen LogP contribution in [-0.4, -0.2) is 28.6 Å². The van der Waals surface area contributed by atoms with E-state index in [9.17, 15) is 4.79 Å². The Morgan fingerprint density at radius 2 is 2.35 bits per heavy atom. The molecule has 17 heavy (non-hydrogen) atoms. The number of rotatable bonds is 3. The summed E-state index contributed by atoms with van der Waals surface area (Å²) < 4.78 is 0. The molecule has 2 rings (SSSR count). The molecule has 0 fully saturated rings. The third-order valence-electron chi connectivity index (χ3n) is 2.83. The maximum atomic E-state index is 12.0. The molecule has 0 aliphatic heterocycles. The van der Waals surface area contributed by atoms with Crippen molar-refractivity contribution in [1.82, 2.24) is 10.3 Å². The first-order valence-corrected chi connectivity index (χ1v) is 6.46. The molecule has 2 N–H and O–H groups in total. The van der Waals surface area contributed by atoms with Gasteiger partial charge in [-0.15, -0.1) is 11.3 Å². The summed E-state index contributed by atoms with van der Waals surface area (Å²) in [5.41, 5.74) is 0.783. The molecule has 0 aromatic carbocycles. The van der Waals surface area contributed by atoms with E-state index in [4.69, 9.17) is 5.11 Å². The van der Waals surface area contributed by atoms with Crippen LogP contribution in [0.1, 0.15) is 26.8 Å². The van der Waals surface area contributed by atoms with Crippen molar-refractivity contribution in [3.63, 3.8) is 0 Å². The van der Waals surface area contributed by atoms with Crippen LogP contribution in [0.5, 0.6) is 0 Å². The van der Waals surface area contributed by atoms with Crippen LogP contribution in [0.3, 0.4) is 0 Å². The summed E-state index contributed by atoms with van der Waals surface area (Å²) in [7, 11) is 0. The first-order valence-electron chi connectivity index (χ1n) is 5.64. The molecule has 1 aliphatic rings. The first kappa shape index (κ1) is 12.3. The number of aliphatic hydroxyl groups is 1. The molecule has 1 aromatic rings. The van der Waals surface area contributed by atoms with E-state index in [1.807, 2.05) is 26.0 Å². The standard InChI is InChI=1S/C12H16N2O2S/c1-7-11(17-8(2)13-7)12(16)14-10-4-3-9(5-10)6-15/h3-4,9-10,15H,5-6H2,1-2H3,(H,14,16)/t9-,10+/m0/s1. The van der Waals surface area contributed by atoms with Crippen molar-refractivity contribution in [2.45, 2.75) is 26.3 Å². The molecule has 1 aromatic heterocycles. The Labute approximate surface area is 104 Å². The molecule has 0 unspecified atom stereocenters. The van der Waals surface area contributed by atoms with Gasteiger partial charge in [0.1, 0.15) is 4.88 Å². The summed E-state index contributed by atoms with van der Waals surface area (Å²) in [6.45, 7) is 3.88. The molecular formula is C12H16N2O2S. The molecule has 0 radical (unpaired) electrons. The quantitative estimate of drug-likeness (QED) is 0.800. The van der Waals surface area contributed by atoms with Gasteiger partial charge in [0, 0.05) is 18.6 Å². The highest BCUT2D eigenvalue weighted by Gasteiger charge is 2.22. The van der Waals surface area contributed by atoms with E-state index in [2.05, 4.69) is 10.3 Å². The Balaban J connectivity index is 1.99. The minimum Gasteiger partial charge on any atom is -0.396 e. The number of aryl methyl sites for hydroxylation is 2. The van der Waals surface area contributed by atoms with Crippen molar-refractivity contribution in [2.75, 3.05) is 6.61 Å². The number of carbonyl (C=O) groups is 1. The molecule has 0 bridgehead atoms.